The number of aromatic carboxylic acids is 3. The molecule has 3 rings (SSSR count). The Morgan fingerprint density at radius 3 is 1.47 bits per heavy atom. The Hall–Kier alpha value is -4.66. The van der Waals surface area contributed by atoms with Gasteiger partial charge in [-0.15, -0.1) is 0 Å². The first-order valence-corrected chi connectivity index (χ1v) is 10.0. The Morgan fingerprint density at radius 1 is 0.647 bits per heavy atom. The molecule has 0 aliphatic carbocycles. The van der Waals surface area contributed by atoms with Crippen molar-refractivity contribution >= 4 is 23.9 Å². The van der Waals surface area contributed by atoms with Gasteiger partial charge in [0.15, 0.2) is 0 Å². The van der Waals surface area contributed by atoms with E-state index in [9.17, 15) is 19.2 Å². The largest absolute Gasteiger partial charge is 0.494 e. The molecule has 34 heavy (non-hydrogen) atoms. The summed E-state index contributed by atoms with van der Waals surface area (Å²) in [4.78, 5) is 44.0. The molecular weight excluding hydrogens is 444 g/mol. The van der Waals surface area contributed by atoms with Gasteiger partial charge in [0.1, 0.15) is 12.4 Å². The van der Waals surface area contributed by atoms with Crippen molar-refractivity contribution in [3.05, 3.63) is 101 Å². The molecule has 9 nitrogen and oxygen atoms in total. The number of esters is 1. The number of benzene rings is 3. The minimum atomic E-state index is -1.23. The third-order valence-corrected chi connectivity index (χ3v) is 4.37. The van der Waals surface area contributed by atoms with Gasteiger partial charge in [0, 0.05) is 0 Å². The normalized spacial score (nSPS) is 9.79. The molecule has 3 aromatic carbocycles. The fourth-order valence-corrected chi connectivity index (χ4v) is 2.78. The van der Waals surface area contributed by atoms with Crippen molar-refractivity contribution in [2.75, 3.05) is 6.61 Å². The lowest BCUT2D eigenvalue weighted by Gasteiger charge is -2.08. The van der Waals surface area contributed by atoms with Crippen LogP contribution in [0.2, 0.25) is 0 Å². The minimum Gasteiger partial charge on any atom is -0.494 e. The highest BCUT2D eigenvalue weighted by Gasteiger charge is 2.17. The van der Waals surface area contributed by atoms with Gasteiger partial charge in [-0.25, -0.2) is 19.2 Å². The van der Waals surface area contributed by atoms with E-state index in [0.29, 0.717) is 6.61 Å². The van der Waals surface area contributed by atoms with E-state index in [1.54, 1.807) is 36.4 Å². The molecular formula is C25H22O9. The fourth-order valence-electron chi connectivity index (χ4n) is 2.78. The van der Waals surface area contributed by atoms with E-state index in [2.05, 4.69) is 0 Å². The molecule has 0 aromatic heterocycles. The maximum atomic E-state index is 12.0. The van der Waals surface area contributed by atoms with Gasteiger partial charge in [-0.3, -0.25) is 0 Å². The second-order valence-corrected chi connectivity index (χ2v) is 6.66. The van der Waals surface area contributed by atoms with E-state index in [1.165, 1.54) is 36.4 Å². The van der Waals surface area contributed by atoms with Gasteiger partial charge in [0.05, 0.1) is 28.9 Å². The predicted molar refractivity (Wildman–Crippen MR) is 120 cm³/mol. The van der Waals surface area contributed by atoms with E-state index in [1.807, 2.05) is 6.92 Å². The summed E-state index contributed by atoms with van der Waals surface area (Å²) in [5, 5.41) is 26.2. The van der Waals surface area contributed by atoms with Crippen LogP contribution in [0.4, 0.5) is 0 Å². The number of ether oxygens (including phenoxy) is 2. The van der Waals surface area contributed by atoms with Gasteiger partial charge in [0.25, 0.3) is 0 Å². The zero-order chi connectivity index (χ0) is 25.1. The molecule has 0 unspecified atom stereocenters. The van der Waals surface area contributed by atoms with Crippen LogP contribution in [0.1, 0.15) is 53.9 Å². The highest BCUT2D eigenvalue weighted by molar-refractivity contribution is 6.02. The Morgan fingerprint density at radius 2 is 1.06 bits per heavy atom. The van der Waals surface area contributed by atoms with E-state index >= 15 is 0 Å². The summed E-state index contributed by atoms with van der Waals surface area (Å²) in [5.41, 5.74) is 0.389. The average molecular weight is 466 g/mol. The maximum absolute atomic E-state index is 12.0. The smallest absolute Gasteiger partial charge is 0.339 e. The molecule has 0 aliphatic rings. The van der Waals surface area contributed by atoms with Crippen LogP contribution in [0, 0.1) is 0 Å². The van der Waals surface area contributed by atoms with E-state index < -0.39 is 23.9 Å². The number of hydrogen-bond acceptors (Lipinski definition) is 6. The van der Waals surface area contributed by atoms with E-state index in [4.69, 9.17) is 24.8 Å². The van der Waals surface area contributed by atoms with Crippen LogP contribution < -0.4 is 4.74 Å². The van der Waals surface area contributed by atoms with E-state index in [0.717, 1.165) is 11.3 Å². The number of carboxylic acid groups (broad SMARTS) is 3. The van der Waals surface area contributed by atoms with Crippen molar-refractivity contribution in [2.24, 2.45) is 0 Å². The summed E-state index contributed by atoms with van der Waals surface area (Å²) < 4.78 is 10.5. The molecule has 0 saturated heterocycles. The minimum absolute atomic E-state index is 0.0425. The summed E-state index contributed by atoms with van der Waals surface area (Å²) in [6.07, 6.45) is 0. The molecule has 3 N–H and O–H groups in total. The molecule has 0 atom stereocenters. The molecule has 0 amide bonds. The maximum Gasteiger partial charge on any atom is 0.339 e. The second kappa shape index (κ2) is 12.4. The Labute approximate surface area is 194 Å². The standard InChI is InChI=1S/C17H16O5.C8H6O4/c1-2-21-13-9-7-12(8-10-13)11-22-17(20)15-6-4-3-5-14(15)16(18)19;9-7(10)5-3-1-2-4-6(5)8(11)12/h3-10H,2,11H2,1H3,(H,18,19);1-4H,(H,9,10)(H,11,12). The van der Waals surface area contributed by atoms with Crippen LogP contribution in [0.3, 0.4) is 0 Å². The number of hydrogen-bond donors (Lipinski definition) is 3. The Balaban J connectivity index is 0.000000287. The van der Waals surface area contributed by atoms with Crippen molar-refractivity contribution in [3.8, 4) is 5.75 Å². The fraction of sp³-hybridized carbons (Fsp3) is 0.120. The summed E-state index contributed by atoms with van der Waals surface area (Å²) in [6.45, 7) is 2.55. The van der Waals surface area contributed by atoms with Crippen LogP contribution in [-0.4, -0.2) is 45.8 Å². The lowest BCUT2D eigenvalue weighted by molar-refractivity contribution is 0.0463. The van der Waals surface area contributed by atoms with Crippen LogP contribution in [0.25, 0.3) is 0 Å². The lowest BCUT2D eigenvalue weighted by Crippen LogP contribution is -2.11. The Kier molecular flexibility index (Phi) is 9.33. The van der Waals surface area contributed by atoms with Crippen LogP contribution in [-0.2, 0) is 11.3 Å². The molecule has 3 aromatic rings. The van der Waals surface area contributed by atoms with Gasteiger partial charge in [-0.05, 0) is 48.9 Å². The quantitative estimate of drug-likeness (QED) is 0.415. The molecule has 0 spiro atoms. The molecule has 176 valence electrons. The highest BCUT2D eigenvalue weighted by atomic mass is 16.5. The van der Waals surface area contributed by atoms with Gasteiger partial charge >= 0.3 is 23.9 Å². The van der Waals surface area contributed by atoms with Crippen LogP contribution in [0.15, 0.2) is 72.8 Å². The highest BCUT2D eigenvalue weighted by Crippen LogP contribution is 2.15. The topological polar surface area (TPSA) is 147 Å². The van der Waals surface area contributed by atoms with E-state index in [-0.39, 0.29) is 28.9 Å². The molecule has 0 radical (unpaired) electrons. The zero-order valence-corrected chi connectivity index (χ0v) is 18.1. The molecule has 0 fully saturated rings. The molecule has 9 heteroatoms. The van der Waals surface area contributed by atoms with Crippen molar-refractivity contribution in [1.29, 1.82) is 0 Å². The van der Waals surface area contributed by atoms with Gasteiger partial charge in [-0.1, -0.05) is 36.4 Å². The molecule has 0 bridgehead atoms. The first-order valence-electron chi connectivity index (χ1n) is 10.0. The zero-order valence-electron chi connectivity index (χ0n) is 18.1. The van der Waals surface area contributed by atoms with Crippen LogP contribution >= 0.6 is 0 Å². The number of carbonyl (C=O) groups is 4. The summed E-state index contributed by atoms with van der Waals surface area (Å²) >= 11 is 0. The van der Waals surface area contributed by atoms with Gasteiger partial charge in [-0.2, -0.15) is 0 Å². The SMILES string of the molecule is CCOc1ccc(COC(=O)c2ccccc2C(=O)O)cc1.O=C(O)c1ccccc1C(=O)O. The molecule has 0 heterocycles. The number of carboxylic acids is 3. The first kappa shape index (κ1) is 25.6. The molecule has 0 saturated carbocycles. The summed E-state index contributed by atoms with van der Waals surface area (Å²) in [7, 11) is 0. The van der Waals surface area contributed by atoms with Crippen LogP contribution in [0.5, 0.6) is 5.75 Å². The summed E-state index contributed by atoms with van der Waals surface area (Å²) in [6, 6.07) is 18.6. The third kappa shape index (κ3) is 7.20. The van der Waals surface area contributed by atoms with Crippen molar-refractivity contribution in [3.63, 3.8) is 0 Å². The predicted octanol–water partition coefficient (Wildman–Crippen LogP) is 4.22. The number of rotatable bonds is 8. The monoisotopic (exact) mass is 466 g/mol. The second-order valence-electron chi connectivity index (χ2n) is 6.66. The molecule has 0 aliphatic heterocycles. The van der Waals surface area contributed by atoms with Gasteiger partial charge in [0.2, 0.25) is 0 Å². The average Bonchev–Trinajstić information content (AvgIpc) is 2.84. The van der Waals surface area contributed by atoms with Gasteiger partial charge < -0.3 is 24.8 Å². The van der Waals surface area contributed by atoms with Crippen molar-refractivity contribution < 1.29 is 44.0 Å². The van der Waals surface area contributed by atoms with Crippen molar-refractivity contribution in [1.82, 2.24) is 0 Å². The Bertz CT molecular complexity index is 1130. The number of carbonyl (C=O) groups excluding carboxylic acids is 1. The first-order chi connectivity index (χ1) is 16.2. The lowest BCUT2D eigenvalue weighted by atomic mass is 10.1. The van der Waals surface area contributed by atoms with Crippen molar-refractivity contribution in [2.45, 2.75) is 13.5 Å². The summed E-state index contributed by atoms with van der Waals surface area (Å²) in [5.74, 6) is -3.53. The third-order valence-electron chi connectivity index (χ3n) is 4.37.